The Labute approximate surface area is 134 Å². The zero-order valence-electron chi connectivity index (χ0n) is 12.9. The van der Waals surface area contributed by atoms with Crippen LogP contribution in [-0.4, -0.2) is 37.2 Å². The molecule has 0 saturated heterocycles. The Bertz CT molecular complexity index is 814. The molecule has 2 rings (SSSR count). The first-order valence-electron chi connectivity index (χ1n) is 6.95. The third-order valence-corrected chi connectivity index (χ3v) is 4.53. The predicted octanol–water partition coefficient (Wildman–Crippen LogP) is 0.218. The van der Waals surface area contributed by atoms with Crippen molar-refractivity contribution < 1.29 is 13.2 Å². The van der Waals surface area contributed by atoms with Crippen LogP contribution in [0.3, 0.4) is 0 Å². The third kappa shape index (κ3) is 4.15. The fraction of sp³-hybridized carbons (Fsp3) is 0.286. The standard InChI is InChI=1S/C14H19N5O3S/c1-10-8-13(19(2)18-10)14(20)17-11-4-3-5-12(9-11)23(21,22)16-7-6-15/h3-5,8-9,16H,6-7,15H2,1-2H3,(H,17,20). The summed E-state index contributed by atoms with van der Waals surface area (Å²) >= 11 is 0. The number of benzene rings is 1. The van der Waals surface area contributed by atoms with Gasteiger partial charge in [-0.25, -0.2) is 13.1 Å². The van der Waals surface area contributed by atoms with Crippen LogP contribution in [0.25, 0.3) is 0 Å². The molecule has 4 N–H and O–H groups in total. The van der Waals surface area contributed by atoms with Crippen LogP contribution in [0.5, 0.6) is 0 Å². The normalized spacial score (nSPS) is 11.4. The van der Waals surface area contributed by atoms with Crippen LogP contribution in [0.4, 0.5) is 5.69 Å². The number of sulfonamides is 1. The van der Waals surface area contributed by atoms with Crippen molar-refractivity contribution in [3.63, 3.8) is 0 Å². The van der Waals surface area contributed by atoms with Gasteiger partial charge in [-0.3, -0.25) is 9.48 Å². The van der Waals surface area contributed by atoms with Crippen LogP contribution in [0.2, 0.25) is 0 Å². The van der Waals surface area contributed by atoms with Gasteiger partial charge in [-0.1, -0.05) is 6.07 Å². The molecule has 0 atom stereocenters. The Morgan fingerprint density at radius 2 is 2.09 bits per heavy atom. The van der Waals surface area contributed by atoms with Crippen LogP contribution in [0.1, 0.15) is 16.2 Å². The maximum absolute atomic E-state index is 12.2. The first-order valence-corrected chi connectivity index (χ1v) is 8.43. The van der Waals surface area contributed by atoms with E-state index in [0.717, 1.165) is 5.69 Å². The minimum absolute atomic E-state index is 0.0601. The van der Waals surface area contributed by atoms with E-state index >= 15 is 0 Å². The highest BCUT2D eigenvalue weighted by Crippen LogP contribution is 2.16. The highest BCUT2D eigenvalue weighted by molar-refractivity contribution is 7.89. The topological polar surface area (TPSA) is 119 Å². The summed E-state index contributed by atoms with van der Waals surface area (Å²) in [4.78, 5) is 12.3. The van der Waals surface area contributed by atoms with Gasteiger partial charge >= 0.3 is 0 Å². The summed E-state index contributed by atoms with van der Waals surface area (Å²) in [5.74, 6) is -0.363. The average Bonchev–Trinajstić information content (AvgIpc) is 2.84. The van der Waals surface area contributed by atoms with Crippen molar-refractivity contribution >= 4 is 21.6 Å². The van der Waals surface area contributed by atoms with E-state index in [1.165, 1.54) is 16.8 Å². The quantitative estimate of drug-likeness (QED) is 0.696. The van der Waals surface area contributed by atoms with Gasteiger partial charge in [0, 0.05) is 25.8 Å². The largest absolute Gasteiger partial charge is 0.329 e. The van der Waals surface area contributed by atoms with E-state index in [1.807, 2.05) is 0 Å². The fourth-order valence-corrected chi connectivity index (χ4v) is 3.13. The van der Waals surface area contributed by atoms with Crippen molar-refractivity contribution in [1.82, 2.24) is 14.5 Å². The molecule has 0 aliphatic heterocycles. The van der Waals surface area contributed by atoms with E-state index in [4.69, 9.17) is 5.73 Å². The van der Waals surface area contributed by atoms with Gasteiger partial charge in [0.25, 0.3) is 5.91 Å². The predicted molar refractivity (Wildman–Crippen MR) is 86.6 cm³/mol. The third-order valence-electron chi connectivity index (χ3n) is 3.07. The number of carbonyl (C=O) groups is 1. The summed E-state index contributed by atoms with van der Waals surface area (Å²) in [6.45, 7) is 2.13. The minimum Gasteiger partial charge on any atom is -0.329 e. The molecule has 1 heterocycles. The molecule has 0 fully saturated rings. The highest BCUT2D eigenvalue weighted by Gasteiger charge is 2.16. The second-order valence-electron chi connectivity index (χ2n) is 4.96. The van der Waals surface area contributed by atoms with Crippen molar-refractivity contribution in [2.75, 3.05) is 18.4 Å². The maximum Gasteiger partial charge on any atom is 0.273 e. The first-order chi connectivity index (χ1) is 10.8. The zero-order valence-corrected chi connectivity index (χ0v) is 13.7. The number of hydrogen-bond donors (Lipinski definition) is 3. The summed E-state index contributed by atoms with van der Waals surface area (Å²) in [6, 6.07) is 7.66. The fourth-order valence-electron chi connectivity index (χ4n) is 2.04. The van der Waals surface area contributed by atoms with Gasteiger partial charge in [0.2, 0.25) is 10.0 Å². The molecule has 0 radical (unpaired) electrons. The van der Waals surface area contributed by atoms with Crippen LogP contribution < -0.4 is 15.8 Å². The first kappa shape index (κ1) is 17.1. The number of amides is 1. The molecule has 1 aromatic heterocycles. The monoisotopic (exact) mass is 337 g/mol. The zero-order chi connectivity index (χ0) is 17.0. The lowest BCUT2D eigenvalue weighted by atomic mass is 10.3. The molecule has 1 aromatic carbocycles. The molecule has 9 heteroatoms. The second kappa shape index (κ2) is 6.90. The van der Waals surface area contributed by atoms with Crippen molar-refractivity contribution in [3.8, 4) is 0 Å². The van der Waals surface area contributed by atoms with Gasteiger partial charge in [0.15, 0.2) is 0 Å². The smallest absolute Gasteiger partial charge is 0.273 e. The lowest BCUT2D eigenvalue weighted by Crippen LogP contribution is -2.29. The Morgan fingerprint density at radius 1 is 1.35 bits per heavy atom. The van der Waals surface area contributed by atoms with Gasteiger partial charge in [0.1, 0.15) is 5.69 Å². The van der Waals surface area contributed by atoms with Gasteiger partial charge in [-0.15, -0.1) is 0 Å². The molecule has 2 aromatic rings. The Morgan fingerprint density at radius 3 is 2.70 bits per heavy atom. The molecule has 0 unspecified atom stereocenters. The summed E-state index contributed by atoms with van der Waals surface area (Å²) in [6.07, 6.45) is 0. The van der Waals surface area contributed by atoms with E-state index < -0.39 is 10.0 Å². The van der Waals surface area contributed by atoms with Crippen molar-refractivity contribution in [2.24, 2.45) is 12.8 Å². The van der Waals surface area contributed by atoms with Crippen molar-refractivity contribution in [2.45, 2.75) is 11.8 Å². The van der Waals surface area contributed by atoms with E-state index in [2.05, 4.69) is 15.1 Å². The van der Waals surface area contributed by atoms with Crippen LogP contribution in [-0.2, 0) is 17.1 Å². The number of aromatic nitrogens is 2. The van der Waals surface area contributed by atoms with Gasteiger partial charge in [-0.05, 0) is 31.2 Å². The van der Waals surface area contributed by atoms with E-state index in [-0.39, 0.29) is 23.9 Å². The number of hydrogen-bond acceptors (Lipinski definition) is 5. The van der Waals surface area contributed by atoms with Crippen molar-refractivity contribution in [3.05, 3.63) is 41.7 Å². The number of anilines is 1. The van der Waals surface area contributed by atoms with Crippen LogP contribution in [0.15, 0.2) is 35.2 Å². The lowest BCUT2D eigenvalue weighted by Gasteiger charge is -2.09. The van der Waals surface area contributed by atoms with E-state index in [9.17, 15) is 13.2 Å². The van der Waals surface area contributed by atoms with Crippen LogP contribution in [0, 0.1) is 6.92 Å². The number of nitrogens with two attached hydrogens (primary N) is 1. The minimum atomic E-state index is -3.65. The van der Waals surface area contributed by atoms with E-state index in [1.54, 1.807) is 32.2 Å². The molecular weight excluding hydrogens is 318 g/mol. The SMILES string of the molecule is Cc1cc(C(=O)Nc2cccc(S(=O)(=O)NCCN)c2)n(C)n1. The molecule has 0 spiro atoms. The molecule has 0 aliphatic rings. The number of rotatable bonds is 6. The average molecular weight is 337 g/mol. The summed E-state index contributed by atoms with van der Waals surface area (Å²) < 4.78 is 28.0. The number of aryl methyl sites for hydroxylation is 2. The molecule has 0 saturated carbocycles. The summed E-state index contributed by atoms with van der Waals surface area (Å²) in [7, 11) is -1.98. The molecule has 23 heavy (non-hydrogen) atoms. The molecule has 8 nitrogen and oxygen atoms in total. The molecule has 1 amide bonds. The maximum atomic E-state index is 12.2. The highest BCUT2D eigenvalue weighted by atomic mass is 32.2. The van der Waals surface area contributed by atoms with Gasteiger partial charge in [0.05, 0.1) is 10.6 Å². The number of carbonyl (C=O) groups excluding carboxylic acids is 1. The van der Waals surface area contributed by atoms with Gasteiger partial charge in [-0.2, -0.15) is 5.10 Å². The molecule has 0 aliphatic carbocycles. The molecule has 0 bridgehead atoms. The molecular formula is C14H19N5O3S. The second-order valence-corrected chi connectivity index (χ2v) is 6.73. The Hall–Kier alpha value is -2.23. The number of nitrogens with zero attached hydrogens (tertiary/aromatic N) is 2. The van der Waals surface area contributed by atoms with Gasteiger partial charge < -0.3 is 11.1 Å². The Balaban J connectivity index is 2.20. The molecule has 124 valence electrons. The number of nitrogens with one attached hydrogen (secondary N) is 2. The summed E-state index contributed by atoms with van der Waals surface area (Å²) in [5.41, 5.74) is 6.79. The lowest BCUT2D eigenvalue weighted by molar-refractivity contribution is 0.101. The summed E-state index contributed by atoms with van der Waals surface area (Å²) in [5, 5.41) is 6.77. The Kier molecular flexibility index (Phi) is 5.14. The van der Waals surface area contributed by atoms with Crippen molar-refractivity contribution in [1.29, 1.82) is 0 Å². The van der Waals surface area contributed by atoms with Crippen LogP contribution >= 0.6 is 0 Å². The van der Waals surface area contributed by atoms with E-state index in [0.29, 0.717) is 11.4 Å².